The van der Waals surface area contributed by atoms with Gasteiger partial charge in [0, 0.05) is 11.9 Å². The first-order valence-electron chi connectivity index (χ1n) is 6.57. The number of pyridine rings is 1. The summed E-state index contributed by atoms with van der Waals surface area (Å²) in [6, 6.07) is 6.29. The van der Waals surface area contributed by atoms with E-state index in [1.54, 1.807) is 18.3 Å². The van der Waals surface area contributed by atoms with Crippen molar-refractivity contribution in [1.82, 2.24) is 9.97 Å². The van der Waals surface area contributed by atoms with Crippen LogP contribution in [0.1, 0.15) is 16.8 Å². The van der Waals surface area contributed by atoms with Gasteiger partial charge in [-0.25, -0.2) is 4.39 Å². The third-order valence-electron chi connectivity index (χ3n) is 3.51. The molecule has 0 fully saturated rings. The van der Waals surface area contributed by atoms with Crippen molar-refractivity contribution in [3.05, 3.63) is 57.6 Å². The molecule has 0 amide bonds. The molecule has 0 saturated carbocycles. The highest BCUT2D eigenvalue weighted by Gasteiger charge is 2.14. The van der Waals surface area contributed by atoms with Crippen LogP contribution < -0.4 is 4.74 Å². The third kappa shape index (κ3) is 2.65. The van der Waals surface area contributed by atoms with Gasteiger partial charge in [0.2, 0.25) is 0 Å². The standard InChI is InChI=1S/C16H14BrFN2O/c1-9-10(2)20-15-14(9)19-7-13(17)16(15)21-8-11-3-5-12(18)6-4-11/h3-7,20H,8H2,1-2H3. The molecule has 1 aromatic carbocycles. The zero-order valence-electron chi connectivity index (χ0n) is 11.7. The van der Waals surface area contributed by atoms with Crippen LogP contribution in [-0.2, 0) is 6.61 Å². The Balaban J connectivity index is 1.94. The Hall–Kier alpha value is -1.88. The third-order valence-corrected chi connectivity index (χ3v) is 4.08. The Morgan fingerprint density at radius 2 is 1.95 bits per heavy atom. The monoisotopic (exact) mass is 348 g/mol. The number of fused-ring (bicyclic) bond motifs is 1. The van der Waals surface area contributed by atoms with E-state index in [0.717, 1.165) is 38.1 Å². The molecule has 3 rings (SSSR count). The second-order valence-corrected chi connectivity index (χ2v) is 5.80. The molecular weight excluding hydrogens is 335 g/mol. The molecule has 21 heavy (non-hydrogen) atoms. The molecule has 0 aliphatic heterocycles. The number of aromatic nitrogens is 2. The van der Waals surface area contributed by atoms with Crippen LogP contribution in [0.3, 0.4) is 0 Å². The van der Waals surface area contributed by atoms with Crippen molar-refractivity contribution in [2.24, 2.45) is 0 Å². The van der Waals surface area contributed by atoms with Gasteiger partial charge >= 0.3 is 0 Å². The van der Waals surface area contributed by atoms with Crippen LogP contribution in [0.15, 0.2) is 34.9 Å². The second-order valence-electron chi connectivity index (χ2n) is 4.95. The topological polar surface area (TPSA) is 37.9 Å². The summed E-state index contributed by atoms with van der Waals surface area (Å²) in [4.78, 5) is 7.72. The molecule has 3 nitrogen and oxygen atoms in total. The molecule has 2 aromatic heterocycles. The highest BCUT2D eigenvalue weighted by Crippen LogP contribution is 2.34. The highest BCUT2D eigenvalue weighted by molar-refractivity contribution is 9.10. The van der Waals surface area contributed by atoms with Gasteiger partial charge in [0.25, 0.3) is 0 Å². The maximum Gasteiger partial charge on any atom is 0.161 e. The predicted octanol–water partition coefficient (Wildman–Crippen LogP) is 4.66. The summed E-state index contributed by atoms with van der Waals surface area (Å²) >= 11 is 3.47. The van der Waals surface area contributed by atoms with Crippen LogP contribution in [0, 0.1) is 19.7 Å². The van der Waals surface area contributed by atoms with E-state index in [4.69, 9.17) is 4.74 Å². The van der Waals surface area contributed by atoms with Gasteiger partial charge < -0.3 is 9.72 Å². The van der Waals surface area contributed by atoms with E-state index in [1.807, 2.05) is 13.8 Å². The predicted molar refractivity (Wildman–Crippen MR) is 84.0 cm³/mol. The Kier molecular flexibility index (Phi) is 3.68. The molecule has 2 heterocycles. The number of rotatable bonds is 3. The van der Waals surface area contributed by atoms with Gasteiger partial charge in [-0.2, -0.15) is 0 Å². The van der Waals surface area contributed by atoms with Crippen LogP contribution >= 0.6 is 15.9 Å². The number of benzene rings is 1. The normalized spacial score (nSPS) is 11.0. The van der Waals surface area contributed by atoms with Crippen LogP contribution in [0.2, 0.25) is 0 Å². The number of nitrogens with zero attached hydrogens (tertiary/aromatic N) is 1. The maximum atomic E-state index is 12.9. The number of aryl methyl sites for hydroxylation is 2. The lowest BCUT2D eigenvalue weighted by Gasteiger charge is -2.09. The van der Waals surface area contributed by atoms with E-state index in [2.05, 4.69) is 25.9 Å². The Bertz CT molecular complexity index is 796. The molecule has 5 heteroatoms. The number of ether oxygens (including phenoxy) is 1. The fourth-order valence-electron chi connectivity index (χ4n) is 2.21. The van der Waals surface area contributed by atoms with E-state index < -0.39 is 0 Å². The van der Waals surface area contributed by atoms with Crippen molar-refractivity contribution in [3.63, 3.8) is 0 Å². The average Bonchev–Trinajstić information content (AvgIpc) is 2.75. The summed E-state index contributed by atoms with van der Waals surface area (Å²) < 4.78 is 19.6. The van der Waals surface area contributed by atoms with Crippen molar-refractivity contribution in [2.45, 2.75) is 20.5 Å². The fourth-order valence-corrected chi connectivity index (χ4v) is 2.62. The van der Waals surface area contributed by atoms with E-state index in [-0.39, 0.29) is 5.82 Å². The molecule has 0 atom stereocenters. The largest absolute Gasteiger partial charge is 0.485 e. The van der Waals surface area contributed by atoms with Gasteiger partial charge in [0.15, 0.2) is 5.75 Å². The summed E-state index contributed by atoms with van der Waals surface area (Å²) in [5.41, 5.74) is 4.88. The number of nitrogens with one attached hydrogen (secondary N) is 1. The smallest absolute Gasteiger partial charge is 0.161 e. The van der Waals surface area contributed by atoms with Gasteiger partial charge in [0.1, 0.15) is 17.9 Å². The van der Waals surface area contributed by atoms with Crippen LogP contribution in [0.25, 0.3) is 11.0 Å². The summed E-state index contributed by atoms with van der Waals surface area (Å²) in [6.45, 7) is 4.41. The molecule has 108 valence electrons. The van der Waals surface area contributed by atoms with Crippen LogP contribution in [0.4, 0.5) is 4.39 Å². The molecule has 1 N–H and O–H groups in total. The average molecular weight is 349 g/mol. The first-order valence-corrected chi connectivity index (χ1v) is 7.36. The summed E-state index contributed by atoms with van der Waals surface area (Å²) in [5.74, 6) is 0.474. The van der Waals surface area contributed by atoms with Crippen LogP contribution in [-0.4, -0.2) is 9.97 Å². The van der Waals surface area contributed by atoms with Crippen LogP contribution in [0.5, 0.6) is 5.75 Å². The van der Waals surface area contributed by atoms with E-state index in [1.165, 1.54) is 12.1 Å². The number of hydrogen-bond donors (Lipinski definition) is 1. The number of hydrogen-bond acceptors (Lipinski definition) is 2. The first-order chi connectivity index (χ1) is 10.1. The van der Waals surface area contributed by atoms with E-state index in [0.29, 0.717) is 6.61 Å². The second kappa shape index (κ2) is 5.48. The molecular formula is C16H14BrFN2O. The maximum absolute atomic E-state index is 12.9. The van der Waals surface area contributed by atoms with Gasteiger partial charge in [0.05, 0.1) is 9.99 Å². The van der Waals surface area contributed by atoms with E-state index >= 15 is 0 Å². The summed E-state index contributed by atoms with van der Waals surface area (Å²) in [5, 5.41) is 0. The number of halogens is 2. The zero-order chi connectivity index (χ0) is 15.0. The van der Waals surface area contributed by atoms with Gasteiger partial charge in [-0.15, -0.1) is 0 Å². The van der Waals surface area contributed by atoms with Crippen molar-refractivity contribution in [2.75, 3.05) is 0 Å². The quantitative estimate of drug-likeness (QED) is 0.747. The van der Waals surface area contributed by atoms with E-state index in [9.17, 15) is 4.39 Å². The highest BCUT2D eigenvalue weighted by atomic mass is 79.9. The minimum atomic E-state index is -0.248. The summed E-state index contributed by atoms with van der Waals surface area (Å²) in [7, 11) is 0. The molecule has 3 aromatic rings. The molecule has 0 bridgehead atoms. The van der Waals surface area contributed by atoms with Crippen molar-refractivity contribution in [3.8, 4) is 5.75 Å². The Morgan fingerprint density at radius 3 is 2.67 bits per heavy atom. The molecule has 0 radical (unpaired) electrons. The minimum absolute atomic E-state index is 0.248. The Morgan fingerprint density at radius 1 is 1.24 bits per heavy atom. The number of aromatic amines is 1. The SMILES string of the molecule is Cc1[nH]c2c(OCc3ccc(F)cc3)c(Br)cnc2c1C. The molecule has 0 aliphatic rings. The first kappa shape index (κ1) is 14.1. The van der Waals surface area contributed by atoms with Gasteiger partial charge in [-0.1, -0.05) is 12.1 Å². The molecule has 0 saturated heterocycles. The number of H-pyrrole nitrogens is 1. The lowest BCUT2D eigenvalue weighted by molar-refractivity contribution is 0.307. The fraction of sp³-hybridized carbons (Fsp3) is 0.188. The molecule has 0 unspecified atom stereocenters. The van der Waals surface area contributed by atoms with Crippen molar-refractivity contribution < 1.29 is 9.13 Å². The molecule has 0 spiro atoms. The zero-order valence-corrected chi connectivity index (χ0v) is 13.3. The van der Waals surface area contributed by atoms with Gasteiger partial charge in [-0.05, 0) is 53.0 Å². The van der Waals surface area contributed by atoms with Crippen molar-refractivity contribution in [1.29, 1.82) is 0 Å². The minimum Gasteiger partial charge on any atom is -0.485 e. The van der Waals surface area contributed by atoms with Gasteiger partial charge in [-0.3, -0.25) is 4.98 Å². The lowest BCUT2D eigenvalue weighted by atomic mass is 10.2. The lowest BCUT2D eigenvalue weighted by Crippen LogP contribution is -1.97. The summed E-state index contributed by atoms with van der Waals surface area (Å²) in [6.07, 6.45) is 1.74. The van der Waals surface area contributed by atoms with Crippen molar-refractivity contribution >= 4 is 27.0 Å². The Labute approximate surface area is 130 Å². The molecule has 0 aliphatic carbocycles.